The molecule has 1 N–H and O–H groups in total. The zero-order valence-electron chi connectivity index (χ0n) is 11.4. The Labute approximate surface area is 126 Å². The lowest BCUT2D eigenvalue weighted by Gasteiger charge is -2.22. The number of rotatable bonds is 5. The fourth-order valence-electron chi connectivity index (χ4n) is 2.04. The van der Waals surface area contributed by atoms with E-state index in [0.717, 1.165) is 23.3 Å². The Morgan fingerprint density at radius 2 is 2.21 bits per heavy atom. The molecule has 2 rings (SSSR count). The Morgan fingerprint density at radius 1 is 1.42 bits per heavy atom. The normalized spacial score (nSPS) is 10.7. The summed E-state index contributed by atoms with van der Waals surface area (Å²) in [7, 11) is 4.10. The van der Waals surface area contributed by atoms with Crippen LogP contribution in [0.15, 0.2) is 28.2 Å². The Bertz CT molecular complexity index is 553. The van der Waals surface area contributed by atoms with Crippen LogP contribution in [-0.2, 0) is 13.1 Å². The summed E-state index contributed by atoms with van der Waals surface area (Å²) in [5, 5.41) is 3.22. The third kappa shape index (κ3) is 3.55. The molecule has 19 heavy (non-hydrogen) atoms. The number of nitrogens with zero attached hydrogens (tertiary/aromatic N) is 2. The predicted octanol–water partition coefficient (Wildman–Crippen LogP) is 3.57. The topological polar surface area (TPSA) is 28.2 Å². The highest BCUT2D eigenvalue weighted by Crippen LogP contribution is 2.26. The Kier molecular flexibility index (Phi) is 4.96. The molecule has 0 amide bonds. The first-order valence-corrected chi connectivity index (χ1v) is 7.82. The standard InChI is InChI=1S/C14H18BrN3S/c1-10-14(19-9-17-10)8-18(3)13-5-4-12(15)6-11(13)7-16-2/h4-6,9,16H,7-8H2,1-3H3. The van der Waals surface area contributed by atoms with Crippen LogP contribution in [0.2, 0.25) is 0 Å². The summed E-state index contributed by atoms with van der Waals surface area (Å²) in [5.41, 5.74) is 5.59. The van der Waals surface area contributed by atoms with Gasteiger partial charge in [-0.2, -0.15) is 0 Å². The number of thiazole rings is 1. The maximum atomic E-state index is 4.31. The van der Waals surface area contributed by atoms with Gasteiger partial charge in [0.1, 0.15) is 0 Å². The van der Waals surface area contributed by atoms with E-state index in [9.17, 15) is 0 Å². The summed E-state index contributed by atoms with van der Waals surface area (Å²) in [6.07, 6.45) is 0. The largest absolute Gasteiger partial charge is 0.369 e. The minimum absolute atomic E-state index is 0.862. The van der Waals surface area contributed by atoms with Gasteiger partial charge >= 0.3 is 0 Å². The van der Waals surface area contributed by atoms with Gasteiger partial charge < -0.3 is 10.2 Å². The van der Waals surface area contributed by atoms with Gasteiger partial charge in [-0.05, 0) is 37.7 Å². The molecule has 0 aliphatic carbocycles. The van der Waals surface area contributed by atoms with E-state index in [1.54, 1.807) is 11.3 Å². The van der Waals surface area contributed by atoms with Crippen molar-refractivity contribution in [1.29, 1.82) is 0 Å². The quantitative estimate of drug-likeness (QED) is 0.902. The molecule has 2 aromatic rings. The van der Waals surface area contributed by atoms with Gasteiger partial charge in [0.15, 0.2) is 0 Å². The van der Waals surface area contributed by atoms with Crippen molar-refractivity contribution in [3.05, 3.63) is 44.3 Å². The molecule has 0 aliphatic rings. The highest BCUT2D eigenvalue weighted by Gasteiger charge is 2.10. The second-order valence-electron chi connectivity index (χ2n) is 4.52. The van der Waals surface area contributed by atoms with E-state index in [1.807, 2.05) is 12.6 Å². The van der Waals surface area contributed by atoms with Crippen molar-refractivity contribution in [2.75, 3.05) is 19.0 Å². The van der Waals surface area contributed by atoms with Crippen LogP contribution < -0.4 is 10.2 Å². The van der Waals surface area contributed by atoms with Crippen LogP contribution in [0.1, 0.15) is 16.1 Å². The maximum absolute atomic E-state index is 4.31. The number of anilines is 1. The molecule has 5 heteroatoms. The van der Waals surface area contributed by atoms with Gasteiger partial charge in [-0.3, -0.25) is 0 Å². The molecule has 0 radical (unpaired) electrons. The minimum Gasteiger partial charge on any atom is -0.369 e. The second-order valence-corrected chi connectivity index (χ2v) is 6.38. The molecule has 0 saturated carbocycles. The summed E-state index contributed by atoms with van der Waals surface area (Å²) in [6.45, 7) is 3.82. The molecule has 102 valence electrons. The maximum Gasteiger partial charge on any atom is 0.0798 e. The molecular weight excluding hydrogens is 322 g/mol. The van der Waals surface area contributed by atoms with Crippen molar-refractivity contribution in [2.45, 2.75) is 20.0 Å². The molecular formula is C14H18BrN3S. The summed E-state index contributed by atoms with van der Waals surface area (Å²) in [5.74, 6) is 0. The molecule has 1 aromatic heterocycles. The van der Waals surface area contributed by atoms with Gasteiger partial charge in [0.2, 0.25) is 0 Å². The molecule has 0 atom stereocenters. The molecule has 3 nitrogen and oxygen atoms in total. The predicted molar refractivity (Wildman–Crippen MR) is 85.9 cm³/mol. The summed E-state index contributed by atoms with van der Waals surface area (Å²) >= 11 is 5.25. The SMILES string of the molecule is CNCc1cc(Br)ccc1N(C)Cc1scnc1C. The third-order valence-electron chi connectivity index (χ3n) is 3.05. The Hall–Kier alpha value is -0.910. The van der Waals surface area contributed by atoms with Gasteiger partial charge in [0.05, 0.1) is 17.7 Å². The minimum atomic E-state index is 0.862. The van der Waals surface area contributed by atoms with Gasteiger partial charge in [-0.1, -0.05) is 15.9 Å². The van der Waals surface area contributed by atoms with Gasteiger partial charge in [0.25, 0.3) is 0 Å². The van der Waals surface area contributed by atoms with E-state index in [0.29, 0.717) is 0 Å². The van der Waals surface area contributed by atoms with Crippen LogP contribution in [-0.4, -0.2) is 19.1 Å². The fourth-order valence-corrected chi connectivity index (χ4v) is 3.28. The summed E-state index contributed by atoms with van der Waals surface area (Å²) in [6, 6.07) is 6.42. The summed E-state index contributed by atoms with van der Waals surface area (Å²) in [4.78, 5) is 7.91. The Morgan fingerprint density at radius 3 is 2.84 bits per heavy atom. The molecule has 1 heterocycles. The molecule has 0 aliphatic heterocycles. The van der Waals surface area contributed by atoms with Crippen molar-refractivity contribution >= 4 is 33.0 Å². The second kappa shape index (κ2) is 6.50. The molecule has 0 spiro atoms. The van der Waals surface area contributed by atoms with E-state index < -0.39 is 0 Å². The van der Waals surface area contributed by atoms with Crippen LogP contribution in [0.5, 0.6) is 0 Å². The highest BCUT2D eigenvalue weighted by atomic mass is 79.9. The first-order valence-electron chi connectivity index (χ1n) is 6.15. The molecule has 0 saturated heterocycles. The number of hydrogen-bond acceptors (Lipinski definition) is 4. The molecule has 0 bridgehead atoms. The van der Waals surface area contributed by atoms with E-state index in [1.165, 1.54) is 16.1 Å². The van der Waals surface area contributed by atoms with Crippen LogP contribution in [0.3, 0.4) is 0 Å². The highest BCUT2D eigenvalue weighted by molar-refractivity contribution is 9.10. The zero-order chi connectivity index (χ0) is 13.8. The van der Waals surface area contributed by atoms with Gasteiger partial charge in [-0.25, -0.2) is 4.98 Å². The molecule has 0 unspecified atom stereocenters. The third-order valence-corrected chi connectivity index (χ3v) is 4.46. The number of aryl methyl sites for hydroxylation is 1. The molecule has 0 fully saturated rings. The van der Waals surface area contributed by atoms with Crippen LogP contribution in [0.25, 0.3) is 0 Å². The first-order chi connectivity index (χ1) is 9.11. The van der Waals surface area contributed by atoms with Crippen molar-refractivity contribution in [2.24, 2.45) is 0 Å². The van der Waals surface area contributed by atoms with Crippen molar-refractivity contribution in [3.8, 4) is 0 Å². The van der Waals surface area contributed by atoms with E-state index in [2.05, 4.69) is 63.3 Å². The number of aromatic nitrogens is 1. The fraction of sp³-hybridized carbons (Fsp3) is 0.357. The van der Waals surface area contributed by atoms with Crippen molar-refractivity contribution in [3.63, 3.8) is 0 Å². The van der Waals surface area contributed by atoms with Gasteiger partial charge in [0, 0.05) is 28.6 Å². The number of benzene rings is 1. The Balaban J connectivity index is 2.23. The summed E-state index contributed by atoms with van der Waals surface area (Å²) < 4.78 is 1.11. The van der Waals surface area contributed by atoms with E-state index >= 15 is 0 Å². The van der Waals surface area contributed by atoms with Gasteiger partial charge in [-0.15, -0.1) is 11.3 Å². The average molecular weight is 340 g/mol. The van der Waals surface area contributed by atoms with Crippen LogP contribution in [0, 0.1) is 6.92 Å². The van der Waals surface area contributed by atoms with E-state index in [4.69, 9.17) is 0 Å². The number of halogens is 1. The van der Waals surface area contributed by atoms with Crippen LogP contribution in [0.4, 0.5) is 5.69 Å². The van der Waals surface area contributed by atoms with Crippen molar-refractivity contribution in [1.82, 2.24) is 10.3 Å². The smallest absolute Gasteiger partial charge is 0.0798 e. The number of nitrogens with one attached hydrogen (secondary N) is 1. The van der Waals surface area contributed by atoms with Crippen LogP contribution >= 0.6 is 27.3 Å². The van der Waals surface area contributed by atoms with Crippen molar-refractivity contribution < 1.29 is 0 Å². The van der Waals surface area contributed by atoms with E-state index in [-0.39, 0.29) is 0 Å². The molecule has 1 aromatic carbocycles. The zero-order valence-corrected chi connectivity index (χ0v) is 13.8. The lowest BCUT2D eigenvalue weighted by molar-refractivity contribution is 0.805. The lowest BCUT2D eigenvalue weighted by atomic mass is 10.1. The monoisotopic (exact) mass is 339 g/mol. The average Bonchev–Trinajstić information content (AvgIpc) is 2.75. The lowest BCUT2D eigenvalue weighted by Crippen LogP contribution is -2.19. The first kappa shape index (κ1) is 14.5. The number of hydrogen-bond donors (Lipinski definition) is 1.